The van der Waals surface area contributed by atoms with E-state index in [9.17, 15) is 9.59 Å². The molecule has 0 spiro atoms. The number of carbonyl (C=O) groups excluding carboxylic acids is 2. The maximum absolute atomic E-state index is 12.2. The molecule has 0 fully saturated rings. The molecule has 1 aromatic heterocycles. The molecule has 3 heteroatoms. The highest BCUT2D eigenvalue weighted by Gasteiger charge is 2.11. The predicted octanol–water partition coefficient (Wildman–Crippen LogP) is 4.01. The number of Topliss-reactive ketones (excluding diaryl/α,β-unsaturated/α-hetero) is 2. The molecular formula is C18H15NO2. The van der Waals surface area contributed by atoms with E-state index in [2.05, 4.69) is 4.98 Å². The van der Waals surface area contributed by atoms with Crippen LogP contribution in [0.5, 0.6) is 0 Å². The lowest BCUT2D eigenvalue weighted by Gasteiger charge is -2.02. The maximum atomic E-state index is 12.2. The van der Waals surface area contributed by atoms with Crippen LogP contribution in [0.3, 0.4) is 0 Å². The van der Waals surface area contributed by atoms with E-state index in [0.29, 0.717) is 11.1 Å². The number of aromatic amines is 1. The molecule has 0 atom stereocenters. The third-order valence-corrected chi connectivity index (χ3v) is 3.55. The summed E-state index contributed by atoms with van der Waals surface area (Å²) in [5.41, 5.74) is 2.32. The minimum absolute atomic E-state index is 0.00220. The smallest absolute Gasteiger partial charge is 0.163 e. The number of hydrogen-bond acceptors (Lipinski definition) is 2. The Morgan fingerprint density at radius 1 is 0.810 bits per heavy atom. The van der Waals surface area contributed by atoms with Crippen LogP contribution in [0.4, 0.5) is 0 Å². The van der Waals surface area contributed by atoms with Crippen LogP contribution in [0.2, 0.25) is 0 Å². The van der Waals surface area contributed by atoms with Gasteiger partial charge in [-0.25, -0.2) is 0 Å². The minimum Gasteiger partial charge on any atom is -0.361 e. The van der Waals surface area contributed by atoms with Gasteiger partial charge in [0, 0.05) is 41.1 Å². The lowest BCUT2D eigenvalue weighted by atomic mass is 10.0. The zero-order chi connectivity index (χ0) is 14.7. The molecule has 2 aromatic carbocycles. The molecule has 0 aliphatic carbocycles. The number of benzene rings is 2. The van der Waals surface area contributed by atoms with Crippen LogP contribution in [0.25, 0.3) is 10.9 Å². The molecule has 0 saturated carbocycles. The van der Waals surface area contributed by atoms with Crippen molar-refractivity contribution in [3.63, 3.8) is 0 Å². The van der Waals surface area contributed by atoms with Crippen LogP contribution in [0.1, 0.15) is 33.6 Å². The lowest BCUT2D eigenvalue weighted by Crippen LogP contribution is -2.05. The van der Waals surface area contributed by atoms with Crippen molar-refractivity contribution >= 4 is 22.5 Å². The predicted molar refractivity (Wildman–Crippen MR) is 82.6 cm³/mol. The molecule has 0 unspecified atom stereocenters. The average molecular weight is 277 g/mol. The van der Waals surface area contributed by atoms with Crippen LogP contribution in [0, 0.1) is 0 Å². The Hall–Kier alpha value is -2.68. The first-order valence-electron chi connectivity index (χ1n) is 6.92. The van der Waals surface area contributed by atoms with Crippen molar-refractivity contribution in [2.75, 3.05) is 0 Å². The molecule has 0 radical (unpaired) electrons. The second-order valence-corrected chi connectivity index (χ2v) is 4.99. The number of ketones is 2. The summed E-state index contributed by atoms with van der Waals surface area (Å²) in [6, 6.07) is 16.6. The Balaban J connectivity index is 1.67. The van der Waals surface area contributed by atoms with Crippen molar-refractivity contribution in [2.24, 2.45) is 0 Å². The first kappa shape index (κ1) is 13.3. The van der Waals surface area contributed by atoms with E-state index in [4.69, 9.17) is 0 Å². The molecule has 0 saturated heterocycles. The fourth-order valence-electron chi connectivity index (χ4n) is 2.37. The highest BCUT2D eigenvalue weighted by molar-refractivity contribution is 6.03. The van der Waals surface area contributed by atoms with Crippen molar-refractivity contribution in [3.05, 3.63) is 71.9 Å². The molecule has 21 heavy (non-hydrogen) atoms. The maximum Gasteiger partial charge on any atom is 0.163 e. The van der Waals surface area contributed by atoms with Gasteiger partial charge in [0.25, 0.3) is 0 Å². The van der Waals surface area contributed by atoms with Gasteiger partial charge in [0.1, 0.15) is 0 Å². The number of hydrogen-bond donors (Lipinski definition) is 1. The number of carbonyl (C=O) groups is 2. The number of aromatic nitrogens is 1. The van der Waals surface area contributed by atoms with Crippen molar-refractivity contribution in [2.45, 2.75) is 12.8 Å². The van der Waals surface area contributed by atoms with Gasteiger partial charge in [-0.1, -0.05) is 30.3 Å². The van der Waals surface area contributed by atoms with Crippen LogP contribution in [-0.2, 0) is 0 Å². The lowest BCUT2D eigenvalue weighted by molar-refractivity contribution is 0.0917. The topological polar surface area (TPSA) is 49.9 Å². The number of fused-ring (bicyclic) bond motifs is 1. The average Bonchev–Trinajstić information content (AvgIpc) is 3.00. The van der Waals surface area contributed by atoms with Gasteiger partial charge in [-0.15, -0.1) is 0 Å². The van der Waals surface area contributed by atoms with Crippen molar-refractivity contribution < 1.29 is 9.59 Å². The molecule has 0 amide bonds. The summed E-state index contributed by atoms with van der Waals surface area (Å²) in [6.07, 6.45) is 2.33. The Bertz CT molecular complexity index is 787. The number of nitrogens with one attached hydrogen (secondary N) is 1. The van der Waals surface area contributed by atoms with Crippen LogP contribution < -0.4 is 0 Å². The summed E-state index contributed by atoms with van der Waals surface area (Å²) in [5.74, 6) is 0.00838. The third-order valence-electron chi connectivity index (χ3n) is 3.55. The molecule has 1 N–H and O–H groups in total. The van der Waals surface area contributed by atoms with Gasteiger partial charge in [0.05, 0.1) is 0 Å². The zero-order valence-corrected chi connectivity index (χ0v) is 11.5. The zero-order valence-electron chi connectivity index (χ0n) is 11.5. The van der Waals surface area contributed by atoms with Crippen molar-refractivity contribution in [1.29, 1.82) is 0 Å². The second-order valence-electron chi connectivity index (χ2n) is 4.99. The quantitative estimate of drug-likeness (QED) is 0.716. The largest absolute Gasteiger partial charge is 0.361 e. The van der Waals surface area contributed by atoms with E-state index in [1.807, 2.05) is 42.6 Å². The molecule has 3 rings (SSSR count). The highest BCUT2D eigenvalue weighted by atomic mass is 16.1. The molecule has 0 aliphatic rings. The van der Waals surface area contributed by atoms with Crippen LogP contribution in [0.15, 0.2) is 60.8 Å². The monoisotopic (exact) mass is 277 g/mol. The van der Waals surface area contributed by atoms with Gasteiger partial charge in [-0.2, -0.15) is 0 Å². The second kappa shape index (κ2) is 5.75. The van der Waals surface area contributed by atoms with E-state index < -0.39 is 0 Å². The fourth-order valence-corrected chi connectivity index (χ4v) is 2.37. The first-order valence-corrected chi connectivity index (χ1v) is 6.92. The molecular weight excluding hydrogens is 262 g/mol. The SMILES string of the molecule is O=C(CCC(=O)c1ccc2[nH]ccc2c1)c1ccccc1. The summed E-state index contributed by atoms with van der Waals surface area (Å²) >= 11 is 0. The highest BCUT2D eigenvalue weighted by Crippen LogP contribution is 2.16. The standard InChI is InChI=1S/C18H15NO2/c20-17(13-4-2-1-3-5-13)8-9-18(21)15-6-7-16-14(12-15)10-11-19-16/h1-7,10-12,19H,8-9H2. The number of H-pyrrole nitrogens is 1. The van der Waals surface area contributed by atoms with Crippen LogP contribution >= 0.6 is 0 Å². The Labute approximate surface area is 122 Å². The minimum atomic E-state index is 0.00220. The van der Waals surface area contributed by atoms with Crippen molar-refractivity contribution in [3.8, 4) is 0 Å². The Morgan fingerprint density at radius 3 is 2.29 bits per heavy atom. The Kier molecular flexibility index (Phi) is 3.65. The van der Waals surface area contributed by atoms with E-state index in [1.165, 1.54) is 0 Å². The molecule has 0 bridgehead atoms. The van der Waals surface area contributed by atoms with Crippen LogP contribution in [-0.4, -0.2) is 16.6 Å². The fraction of sp³-hybridized carbons (Fsp3) is 0.111. The molecule has 0 aliphatic heterocycles. The van der Waals surface area contributed by atoms with Gasteiger partial charge in [-0.3, -0.25) is 9.59 Å². The summed E-state index contributed by atoms with van der Waals surface area (Å²) in [7, 11) is 0. The summed E-state index contributed by atoms with van der Waals surface area (Å²) in [6.45, 7) is 0. The summed E-state index contributed by atoms with van der Waals surface area (Å²) < 4.78 is 0. The van der Waals surface area contributed by atoms with E-state index in [1.54, 1.807) is 18.2 Å². The van der Waals surface area contributed by atoms with E-state index >= 15 is 0 Å². The molecule has 104 valence electrons. The van der Waals surface area contributed by atoms with E-state index in [-0.39, 0.29) is 24.4 Å². The third kappa shape index (κ3) is 2.92. The molecule has 1 heterocycles. The van der Waals surface area contributed by atoms with Gasteiger partial charge in [0.15, 0.2) is 11.6 Å². The summed E-state index contributed by atoms with van der Waals surface area (Å²) in [4.78, 5) is 27.3. The molecule has 3 aromatic rings. The van der Waals surface area contributed by atoms with E-state index in [0.717, 1.165) is 10.9 Å². The molecule has 3 nitrogen and oxygen atoms in total. The van der Waals surface area contributed by atoms with Gasteiger partial charge in [-0.05, 0) is 24.3 Å². The van der Waals surface area contributed by atoms with Gasteiger partial charge < -0.3 is 4.98 Å². The Morgan fingerprint density at radius 2 is 1.52 bits per heavy atom. The van der Waals surface area contributed by atoms with Crippen molar-refractivity contribution in [1.82, 2.24) is 4.98 Å². The first-order chi connectivity index (χ1) is 10.2. The van der Waals surface area contributed by atoms with Gasteiger partial charge >= 0.3 is 0 Å². The summed E-state index contributed by atoms with van der Waals surface area (Å²) in [5, 5.41) is 1.01. The van der Waals surface area contributed by atoms with Gasteiger partial charge in [0.2, 0.25) is 0 Å². The number of rotatable bonds is 5. The normalized spacial score (nSPS) is 10.7.